The molecule has 0 unspecified atom stereocenters. The SMILES string of the molecule is O=C(CSc1ncccn1)N[C@H]1CC(=O)N(c2ccccc2Cl)C1. The number of aromatic nitrogens is 2. The first-order chi connectivity index (χ1) is 11.6. The second-order valence-electron chi connectivity index (χ2n) is 5.24. The molecule has 1 N–H and O–H groups in total. The van der Waals surface area contributed by atoms with E-state index in [4.69, 9.17) is 11.6 Å². The molecule has 0 aliphatic carbocycles. The zero-order valence-electron chi connectivity index (χ0n) is 12.7. The number of nitrogens with zero attached hydrogens (tertiary/aromatic N) is 3. The average molecular weight is 363 g/mol. The number of nitrogens with one attached hydrogen (secondary N) is 1. The Hall–Kier alpha value is -2.12. The third kappa shape index (κ3) is 4.04. The Balaban J connectivity index is 1.54. The number of carbonyl (C=O) groups is 2. The van der Waals surface area contributed by atoms with Crippen LogP contribution in [-0.4, -0.2) is 40.1 Å². The van der Waals surface area contributed by atoms with E-state index in [0.29, 0.717) is 22.4 Å². The highest BCUT2D eigenvalue weighted by atomic mass is 35.5. The summed E-state index contributed by atoms with van der Waals surface area (Å²) in [7, 11) is 0. The molecule has 6 nitrogen and oxygen atoms in total. The molecule has 2 aromatic rings. The summed E-state index contributed by atoms with van der Waals surface area (Å²) >= 11 is 7.40. The fourth-order valence-electron chi connectivity index (χ4n) is 2.47. The number of hydrogen-bond donors (Lipinski definition) is 1. The number of thioether (sulfide) groups is 1. The molecule has 0 radical (unpaired) electrons. The van der Waals surface area contributed by atoms with E-state index in [1.54, 1.807) is 35.5 Å². The lowest BCUT2D eigenvalue weighted by Gasteiger charge is -2.18. The molecule has 1 atom stereocenters. The third-order valence-corrected chi connectivity index (χ3v) is 4.70. The van der Waals surface area contributed by atoms with Gasteiger partial charge >= 0.3 is 0 Å². The predicted molar refractivity (Wildman–Crippen MR) is 93.1 cm³/mol. The van der Waals surface area contributed by atoms with Crippen LogP contribution in [0.1, 0.15) is 6.42 Å². The number of rotatable bonds is 5. The van der Waals surface area contributed by atoms with E-state index in [9.17, 15) is 9.59 Å². The minimum absolute atomic E-state index is 0.0487. The van der Waals surface area contributed by atoms with Gasteiger partial charge in [0.2, 0.25) is 11.8 Å². The average Bonchev–Trinajstić information content (AvgIpc) is 2.94. The van der Waals surface area contributed by atoms with Gasteiger partial charge in [-0.1, -0.05) is 35.5 Å². The summed E-state index contributed by atoms with van der Waals surface area (Å²) in [5.41, 5.74) is 0.674. The van der Waals surface area contributed by atoms with Crippen LogP contribution in [0.25, 0.3) is 0 Å². The summed E-state index contributed by atoms with van der Waals surface area (Å²) in [6.07, 6.45) is 3.53. The molecule has 124 valence electrons. The summed E-state index contributed by atoms with van der Waals surface area (Å²) in [5, 5.41) is 3.95. The van der Waals surface area contributed by atoms with Crippen LogP contribution in [0.3, 0.4) is 0 Å². The summed E-state index contributed by atoms with van der Waals surface area (Å²) < 4.78 is 0. The number of hydrogen-bond acceptors (Lipinski definition) is 5. The molecule has 1 fully saturated rings. The van der Waals surface area contributed by atoms with E-state index in [1.165, 1.54) is 11.8 Å². The minimum atomic E-state index is -0.224. The second kappa shape index (κ2) is 7.63. The maximum Gasteiger partial charge on any atom is 0.230 e. The van der Waals surface area contributed by atoms with E-state index in [2.05, 4.69) is 15.3 Å². The van der Waals surface area contributed by atoms with Gasteiger partial charge in [-0.3, -0.25) is 9.59 Å². The molecule has 0 bridgehead atoms. The number of benzene rings is 1. The topological polar surface area (TPSA) is 75.2 Å². The molecule has 8 heteroatoms. The molecule has 0 saturated carbocycles. The van der Waals surface area contributed by atoms with Crippen LogP contribution in [-0.2, 0) is 9.59 Å². The monoisotopic (exact) mass is 362 g/mol. The summed E-state index contributed by atoms with van der Waals surface area (Å²) in [5.74, 6) is 0.0135. The van der Waals surface area contributed by atoms with E-state index in [0.717, 1.165) is 0 Å². The molecule has 24 heavy (non-hydrogen) atoms. The van der Waals surface area contributed by atoms with Crippen molar-refractivity contribution in [2.75, 3.05) is 17.2 Å². The molecule has 1 aliphatic heterocycles. The first-order valence-electron chi connectivity index (χ1n) is 7.37. The number of para-hydroxylation sites is 1. The Labute approximate surface area is 148 Å². The smallest absolute Gasteiger partial charge is 0.230 e. The van der Waals surface area contributed by atoms with Crippen LogP contribution >= 0.6 is 23.4 Å². The van der Waals surface area contributed by atoms with Crippen molar-refractivity contribution in [1.29, 1.82) is 0 Å². The first-order valence-corrected chi connectivity index (χ1v) is 8.74. The van der Waals surface area contributed by atoms with Crippen molar-refractivity contribution in [2.24, 2.45) is 0 Å². The van der Waals surface area contributed by atoms with Gasteiger partial charge < -0.3 is 10.2 Å². The fraction of sp³-hybridized carbons (Fsp3) is 0.250. The highest BCUT2D eigenvalue weighted by Crippen LogP contribution is 2.29. The molecule has 1 saturated heterocycles. The van der Waals surface area contributed by atoms with Gasteiger partial charge in [0.15, 0.2) is 5.16 Å². The molecule has 3 rings (SSSR count). The normalized spacial score (nSPS) is 17.1. The van der Waals surface area contributed by atoms with E-state index in [-0.39, 0.29) is 30.0 Å². The number of carbonyl (C=O) groups excluding carboxylic acids is 2. The first kappa shape index (κ1) is 16.7. The third-order valence-electron chi connectivity index (χ3n) is 3.51. The Morgan fingerprint density at radius 2 is 2.04 bits per heavy atom. The summed E-state index contributed by atoms with van der Waals surface area (Å²) in [4.78, 5) is 33.9. The van der Waals surface area contributed by atoms with Crippen molar-refractivity contribution in [3.05, 3.63) is 47.7 Å². The Morgan fingerprint density at radius 3 is 2.79 bits per heavy atom. The largest absolute Gasteiger partial charge is 0.350 e. The van der Waals surface area contributed by atoms with Crippen LogP contribution in [0.2, 0.25) is 5.02 Å². The Morgan fingerprint density at radius 1 is 1.29 bits per heavy atom. The lowest BCUT2D eigenvalue weighted by molar-refractivity contribution is -0.119. The van der Waals surface area contributed by atoms with Gasteiger partial charge in [-0.05, 0) is 18.2 Å². The maximum atomic E-state index is 12.2. The standard InChI is InChI=1S/C16H15ClN4O2S/c17-12-4-1-2-5-13(12)21-9-11(8-15(21)23)20-14(22)10-24-16-18-6-3-7-19-16/h1-7,11H,8-10H2,(H,20,22)/t11-/m0/s1. The van der Waals surface area contributed by atoms with Gasteiger partial charge in [-0.2, -0.15) is 0 Å². The number of amides is 2. The van der Waals surface area contributed by atoms with Crippen molar-refractivity contribution in [2.45, 2.75) is 17.6 Å². The van der Waals surface area contributed by atoms with E-state index >= 15 is 0 Å². The second-order valence-corrected chi connectivity index (χ2v) is 6.59. The zero-order chi connectivity index (χ0) is 16.9. The lowest BCUT2D eigenvalue weighted by Crippen LogP contribution is -2.38. The van der Waals surface area contributed by atoms with Crippen LogP contribution in [0.5, 0.6) is 0 Å². The molecule has 2 heterocycles. The van der Waals surface area contributed by atoms with Gasteiger partial charge in [-0.15, -0.1) is 0 Å². The van der Waals surface area contributed by atoms with E-state index in [1.807, 2.05) is 12.1 Å². The predicted octanol–water partition coefficient (Wildman–Crippen LogP) is 2.14. The van der Waals surface area contributed by atoms with Crippen molar-refractivity contribution in [3.63, 3.8) is 0 Å². The molecule has 2 amide bonds. The Bertz CT molecular complexity index is 744. The molecule has 1 aromatic carbocycles. The summed E-state index contributed by atoms with van der Waals surface area (Å²) in [6, 6.07) is 8.68. The molecule has 1 aromatic heterocycles. The summed E-state index contributed by atoms with van der Waals surface area (Å²) in [6.45, 7) is 0.417. The maximum absolute atomic E-state index is 12.2. The van der Waals surface area contributed by atoms with Crippen molar-refractivity contribution in [1.82, 2.24) is 15.3 Å². The van der Waals surface area contributed by atoms with Gasteiger partial charge in [-0.25, -0.2) is 9.97 Å². The lowest BCUT2D eigenvalue weighted by atomic mass is 10.2. The minimum Gasteiger partial charge on any atom is -0.350 e. The van der Waals surface area contributed by atoms with Gasteiger partial charge in [0.05, 0.1) is 22.5 Å². The Kier molecular flexibility index (Phi) is 5.32. The van der Waals surface area contributed by atoms with Crippen LogP contribution in [0.15, 0.2) is 47.9 Å². The van der Waals surface area contributed by atoms with Crippen LogP contribution < -0.4 is 10.2 Å². The van der Waals surface area contributed by atoms with Crippen molar-refractivity contribution >= 4 is 40.9 Å². The highest BCUT2D eigenvalue weighted by Gasteiger charge is 2.32. The highest BCUT2D eigenvalue weighted by molar-refractivity contribution is 7.99. The fourth-order valence-corrected chi connectivity index (χ4v) is 3.32. The number of halogens is 1. The molecule has 0 spiro atoms. The molecule has 1 aliphatic rings. The van der Waals surface area contributed by atoms with Gasteiger partial charge in [0.1, 0.15) is 0 Å². The van der Waals surface area contributed by atoms with Gasteiger partial charge in [0.25, 0.3) is 0 Å². The quantitative estimate of drug-likeness (QED) is 0.651. The van der Waals surface area contributed by atoms with E-state index < -0.39 is 0 Å². The van der Waals surface area contributed by atoms with Crippen LogP contribution in [0, 0.1) is 0 Å². The van der Waals surface area contributed by atoms with Crippen LogP contribution in [0.4, 0.5) is 5.69 Å². The zero-order valence-corrected chi connectivity index (χ0v) is 14.3. The molecular weight excluding hydrogens is 348 g/mol. The number of anilines is 1. The van der Waals surface area contributed by atoms with Crippen molar-refractivity contribution < 1.29 is 9.59 Å². The molecular formula is C16H15ClN4O2S. The van der Waals surface area contributed by atoms with Crippen molar-refractivity contribution in [3.8, 4) is 0 Å². The van der Waals surface area contributed by atoms with Gasteiger partial charge in [0, 0.05) is 25.4 Å².